The van der Waals surface area contributed by atoms with E-state index in [4.69, 9.17) is 0 Å². The van der Waals surface area contributed by atoms with Crippen LogP contribution in [0.1, 0.15) is 49.1 Å². The van der Waals surface area contributed by atoms with Gasteiger partial charge in [-0.3, -0.25) is 0 Å². The van der Waals surface area contributed by atoms with Gasteiger partial charge in [-0.05, 0) is 66.0 Å². The summed E-state index contributed by atoms with van der Waals surface area (Å²) >= 11 is 0. The number of benzene rings is 2. The lowest BCUT2D eigenvalue weighted by Crippen LogP contribution is -2.58. The molecule has 2 aromatic carbocycles. The summed E-state index contributed by atoms with van der Waals surface area (Å²) in [5.41, 5.74) is 2.51. The zero-order valence-electron chi connectivity index (χ0n) is 19.3. The number of hydrogen-bond acceptors (Lipinski definition) is 3. The Labute approximate surface area is 195 Å². The first-order valence-electron chi connectivity index (χ1n) is 12.2. The van der Waals surface area contributed by atoms with E-state index in [-0.39, 0.29) is 36.7 Å². The molecular formula is C26H34N4O3. The number of piperidine rings is 1. The van der Waals surface area contributed by atoms with E-state index in [1.165, 1.54) is 29.2 Å². The van der Waals surface area contributed by atoms with Crippen LogP contribution in [-0.4, -0.2) is 65.8 Å². The van der Waals surface area contributed by atoms with Gasteiger partial charge < -0.3 is 25.5 Å². The molecule has 7 heteroatoms. The highest BCUT2D eigenvalue weighted by molar-refractivity contribution is 5.84. The van der Waals surface area contributed by atoms with Crippen molar-refractivity contribution in [1.82, 2.24) is 20.4 Å². The van der Waals surface area contributed by atoms with Crippen molar-refractivity contribution in [3.63, 3.8) is 0 Å². The third kappa shape index (κ3) is 4.93. The highest BCUT2D eigenvalue weighted by atomic mass is 16.3. The van der Waals surface area contributed by atoms with E-state index in [1.807, 2.05) is 4.90 Å². The first-order valence-corrected chi connectivity index (χ1v) is 12.2. The second-order valence-electron chi connectivity index (χ2n) is 9.91. The van der Waals surface area contributed by atoms with Gasteiger partial charge in [0.05, 0.1) is 6.04 Å². The van der Waals surface area contributed by atoms with Crippen LogP contribution in [0.15, 0.2) is 36.4 Å². The minimum absolute atomic E-state index is 0.0175. The summed E-state index contributed by atoms with van der Waals surface area (Å²) in [7, 11) is 1.61. The molecule has 0 radical (unpaired) electrons. The van der Waals surface area contributed by atoms with Crippen molar-refractivity contribution in [2.45, 2.75) is 56.7 Å². The first-order chi connectivity index (χ1) is 16.1. The summed E-state index contributed by atoms with van der Waals surface area (Å²) in [5.74, 6) is 0.724. The molecule has 1 heterocycles. The third-order valence-corrected chi connectivity index (χ3v) is 7.26. The average molecular weight is 451 g/mol. The molecule has 2 saturated carbocycles. The molecule has 3 fully saturated rings. The Morgan fingerprint density at radius 2 is 1.79 bits per heavy atom. The van der Waals surface area contributed by atoms with Gasteiger partial charge >= 0.3 is 12.1 Å². The monoisotopic (exact) mass is 450 g/mol. The highest BCUT2D eigenvalue weighted by Crippen LogP contribution is 2.41. The Morgan fingerprint density at radius 1 is 1.03 bits per heavy atom. The number of aliphatic hydroxyl groups excluding tert-OH is 1. The maximum atomic E-state index is 13.3. The van der Waals surface area contributed by atoms with Crippen LogP contribution < -0.4 is 10.6 Å². The van der Waals surface area contributed by atoms with Gasteiger partial charge in [-0.1, -0.05) is 30.3 Å². The number of carbonyl (C=O) groups is 2. The van der Waals surface area contributed by atoms with E-state index >= 15 is 0 Å². The lowest BCUT2D eigenvalue weighted by Gasteiger charge is -2.42. The number of amides is 4. The minimum atomic E-state index is -0.157. The van der Waals surface area contributed by atoms with Crippen molar-refractivity contribution in [1.29, 1.82) is 0 Å². The number of nitrogens with zero attached hydrogens (tertiary/aromatic N) is 2. The van der Waals surface area contributed by atoms with Crippen molar-refractivity contribution in [3.05, 3.63) is 47.5 Å². The molecule has 1 saturated heterocycles. The topological polar surface area (TPSA) is 84.9 Å². The van der Waals surface area contributed by atoms with Gasteiger partial charge in [0.1, 0.15) is 0 Å². The van der Waals surface area contributed by atoms with E-state index in [0.29, 0.717) is 26.1 Å². The molecule has 3 aliphatic rings. The molecule has 1 aliphatic heterocycles. The molecule has 2 aromatic rings. The van der Waals surface area contributed by atoms with Gasteiger partial charge in [0, 0.05) is 45.2 Å². The predicted octanol–water partition coefficient (Wildman–Crippen LogP) is 3.41. The molecule has 176 valence electrons. The minimum Gasteiger partial charge on any atom is -0.396 e. The van der Waals surface area contributed by atoms with Crippen molar-refractivity contribution < 1.29 is 14.7 Å². The first kappa shape index (κ1) is 22.0. The number of aliphatic hydroxyl groups is 1. The number of carbonyl (C=O) groups excluding carboxylic acids is 2. The zero-order chi connectivity index (χ0) is 22.9. The fourth-order valence-electron chi connectivity index (χ4n) is 5.18. The lowest BCUT2D eigenvalue weighted by molar-refractivity contribution is 0.0690. The van der Waals surface area contributed by atoms with Crippen LogP contribution in [0.25, 0.3) is 10.8 Å². The van der Waals surface area contributed by atoms with Crippen LogP contribution in [0.4, 0.5) is 9.59 Å². The van der Waals surface area contributed by atoms with E-state index in [2.05, 4.69) is 47.0 Å². The number of fused-ring (bicyclic) bond motifs is 1. The quantitative estimate of drug-likeness (QED) is 0.631. The van der Waals surface area contributed by atoms with Gasteiger partial charge in [0.25, 0.3) is 0 Å². The zero-order valence-corrected chi connectivity index (χ0v) is 19.3. The van der Waals surface area contributed by atoms with Gasteiger partial charge in [0.15, 0.2) is 0 Å². The summed E-state index contributed by atoms with van der Waals surface area (Å²) in [6, 6.07) is 13.0. The van der Waals surface area contributed by atoms with Crippen molar-refractivity contribution in [2.24, 2.45) is 5.92 Å². The van der Waals surface area contributed by atoms with Crippen LogP contribution in [0.5, 0.6) is 0 Å². The maximum Gasteiger partial charge on any atom is 0.318 e. The SMILES string of the molecule is CNC(=O)N1CC(CO)CC(N(C(=O)NCc2ccc3cc(C4CC4)ccc3c2)C2CC2)C1. The molecule has 2 aliphatic carbocycles. The van der Waals surface area contributed by atoms with E-state index < -0.39 is 0 Å². The van der Waals surface area contributed by atoms with Gasteiger partial charge in [0.2, 0.25) is 0 Å². The molecule has 3 N–H and O–H groups in total. The van der Waals surface area contributed by atoms with Crippen LogP contribution >= 0.6 is 0 Å². The number of nitrogens with one attached hydrogen (secondary N) is 2. The Balaban J connectivity index is 1.26. The van der Waals surface area contributed by atoms with Crippen LogP contribution in [0.2, 0.25) is 0 Å². The molecular weight excluding hydrogens is 416 g/mol. The van der Waals surface area contributed by atoms with E-state index in [1.54, 1.807) is 11.9 Å². The molecule has 0 bridgehead atoms. The standard InChI is InChI=1S/C26H34N4O3/c1-27-25(32)29-14-18(16-31)11-24(15-29)30(23-8-9-23)26(33)28-13-17-2-3-22-12-21(19-4-5-19)7-6-20(22)10-17/h2-3,6-7,10,12,18-19,23-24,31H,4-5,8-9,11,13-16H2,1H3,(H,27,32)(H,28,33). The fourth-order valence-corrected chi connectivity index (χ4v) is 5.18. The number of likely N-dealkylation sites (tertiary alicyclic amines) is 1. The van der Waals surface area contributed by atoms with Crippen molar-refractivity contribution in [2.75, 3.05) is 26.7 Å². The highest BCUT2D eigenvalue weighted by Gasteiger charge is 2.41. The summed E-state index contributed by atoms with van der Waals surface area (Å²) in [6.07, 6.45) is 5.30. The largest absolute Gasteiger partial charge is 0.396 e. The molecule has 2 atom stereocenters. The Hall–Kier alpha value is -2.80. The van der Waals surface area contributed by atoms with E-state index in [9.17, 15) is 14.7 Å². The maximum absolute atomic E-state index is 13.3. The number of hydrogen-bond donors (Lipinski definition) is 3. The third-order valence-electron chi connectivity index (χ3n) is 7.26. The molecule has 33 heavy (non-hydrogen) atoms. The Bertz CT molecular complexity index is 1030. The average Bonchev–Trinajstić information content (AvgIpc) is 3.75. The van der Waals surface area contributed by atoms with Gasteiger partial charge in [-0.25, -0.2) is 9.59 Å². The van der Waals surface area contributed by atoms with Crippen molar-refractivity contribution in [3.8, 4) is 0 Å². The van der Waals surface area contributed by atoms with Gasteiger partial charge in [-0.15, -0.1) is 0 Å². The summed E-state index contributed by atoms with van der Waals surface area (Å²) in [5, 5.41) is 18.0. The molecule has 7 nitrogen and oxygen atoms in total. The molecule has 0 aromatic heterocycles. The lowest BCUT2D eigenvalue weighted by atomic mass is 9.94. The molecule has 0 spiro atoms. The normalized spacial score (nSPS) is 22.8. The van der Waals surface area contributed by atoms with Gasteiger partial charge in [-0.2, -0.15) is 0 Å². The van der Waals surface area contributed by atoms with Crippen LogP contribution in [0.3, 0.4) is 0 Å². The van der Waals surface area contributed by atoms with E-state index in [0.717, 1.165) is 24.3 Å². The van der Waals surface area contributed by atoms with Crippen LogP contribution in [-0.2, 0) is 6.54 Å². The van der Waals surface area contributed by atoms with Crippen molar-refractivity contribution >= 4 is 22.8 Å². The summed E-state index contributed by atoms with van der Waals surface area (Å²) in [4.78, 5) is 29.2. The number of rotatable bonds is 6. The Morgan fingerprint density at radius 3 is 2.48 bits per heavy atom. The molecule has 5 rings (SSSR count). The molecule has 4 amide bonds. The second kappa shape index (κ2) is 9.21. The fraction of sp³-hybridized carbons (Fsp3) is 0.538. The summed E-state index contributed by atoms with van der Waals surface area (Å²) in [6.45, 7) is 1.51. The number of urea groups is 2. The van der Waals surface area contributed by atoms with Crippen LogP contribution in [0, 0.1) is 5.92 Å². The Kier molecular flexibility index (Phi) is 6.15. The second-order valence-corrected chi connectivity index (χ2v) is 9.91. The predicted molar refractivity (Wildman–Crippen MR) is 128 cm³/mol. The molecule has 2 unspecified atom stereocenters. The summed E-state index contributed by atoms with van der Waals surface area (Å²) < 4.78 is 0. The smallest absolute Gasteiger partial charge is 0.318 e.